The Kier molecular flexibility index (Phi) is 4.65. The van der Waals surface area contributed by atoms with Crippen molar-refractivity contribution in [1.82, 2.24) is 0 Å². The van der Waals surface area contributed by atoms with E-state index in [0.717, 1.165) is 0 Å². The highest BCUT2D eigenvalue weighted by atomic mass is 35.5. The predicted molar refractivity (Wildman–Crippen MR) is 82.1 cm³/mol. The lowest BCUT2D eigenvalue weighted by Crippen LogP contribution is -1.96. The first-order valence-electron chi connectivity index (χ1n) is 5.05. The molecule has 6 heteroatoms. The second-order valence-corrected chi connectivity index (χ2v) is 5.68. The maximum atomic E-state index is 11.5. The molecule has 2 aromatic carbocycles. The van der Waals surface area contributed by atoms with E-state index in [1.54, 1.807) is 18.2 Å². The maximum Gasteiger partial charge on any atom is 0.253 e. The fraction of sp³-hybridized carbons (Fsp3) is 0. The van der Waals surface area contributed by atoms with Crippen LogP contribution in [0.3, 0.4) is 0 Å². The molecule has 19 heavy (non-hydrogen) atoms. The smallest absolute Gasteiger partial charge is 0.253 e. The summed E-state index contributed by atoms with van der Waals surface area (Å²) in [6.45, 7) is 0. The van der Waals surface area contributed by atoms with Gasteiger partial charge in [-0.1, -0.05) is 52.5 Å². The second kappa shape index (κ2) is 5.90. The van der Waals surface area contributed by atoms with Gasteiger partial charge in [-0.3, -0.25) is 4.79 Å². The Balaban J connectivity index is 2.83. The second-order valence-electron chi connectivity index (χ2n) is 3.68. The first-order valence-corrected chi connectivity index (χ1v) is 6.94. The minimum absolute atomic E-state index is 0.236. The summed E-state index contributed by atoms with van der Waals surface area (Å²) in [5.74, 6) is 0. The molecule has 0 aliphatic rings. The van der Waals surface area contributed by atoms with E-state index in [1.165, 1.54) is 12.1 Å². The normalized spacial score (nSPS) is 10.6. The highest BCUT2D eigenvalue weighted by Gasteiger charge is 2.19. The van der Waals surface area contributed by atoms with Crippen LogP contribution in [-0.4, -0.2) is 5.24 Å². The highest BCUT2D eigenvalue weighted by molar-refractivity contribution is 6.68. The molecule has 1 nitrogen and oxygen atoms in total. The van der Waals surface area contributed by atoms with Gasteiger partial charge in [-0.25, -0.2) is 0 Å². The average Bonchev–Trinajstić information content (AvgIpc) is 2.29. The van der Waals surface area contributed by atoms with E-state index in [2.05, 4.69) is 0 Å². The van der Waals surface area contributed by atoms with Crippen LogP contribution < -0.4 is 0 Å². The molecule has 98 valence electrons. The first-order chi connectivity index (χ1) is 8.91. The van der Waals surface area contributed by atoms with Crippen molar-refractivity contribution in [3.63, 3.8) is 0 Å². The molecule has 0 aromatic heterocycles. The van der Waals surface area contributed by atoms with E-state index in [-0.39, 0.29) is 5.56 Å². The fourth-order valence-corrected chi connectivity index (χ4v) is 3.16. The van der Waals surface area contributed by atoms with Gasteiger partial charge in [-0.2, -0.15) is 0 Å². The van der Waals surface area contributed by atoms with Crippen LogP contribution in [0.2, 0.25) is 20.1 Å². The molecule has 0 atom stereocenters. The fourth-order valence-electron chi connectivity index (χ4n) is 1.72. The molecule has 2 aromatic rings. The molecular formula is C13H5Cl5O. The van der Waals surface area contributed by atoms with Gasteiger partial charge >= 0.3 is 0 Å². The molecule has 0 N–H and O–H groups in total. The number of carbonyl (C=O) groups is 1. The van der Waals surface area contributed by atoms with Gasteiger partial charge in [0.2, 0.25) is 0 Å². The van der Waals surface area contributed by atoms with Crippen LogP contribution in [-0.2, 0) is 0 Å². The molecule has 2 rings (SSSR count). The van der Waals surface area contributed by atoms with Gasteiger partial charge in [0.25, 0.3) is 5.24 Å². The summed E-state index contributed by atoms with van der Waals surface area (Å²) in [6, 6.07) is 7.85. The predicted octanol–water partition coefficient (Wildman–Crippen LogP) is 6.35. The molecule has 0 radical (unpaired) electrons. The van der Waals surface area contributed by atoms with Crippen LogP contribution in [0.25, 0.3) is 11.1 Å². The van der Waals surface area contributed by atoms with Crippen molar-refractivity contribution in [1.29, 1.82) is 0 Å². The molecule has 0 heterocycles. The van der Waals surface area contributed by atoms with E-state index in [9.17, 15) is 4.79 Å². The number of carbonyl (C=O) groups excluding carboxylic acids is 1. The Morgan fingerprint density at radius 1 is 0.842 bits per heavy atom. The number of hydrogen-bond acceptors (Lipinski definition) is 1. The van der Waals surface area contributed by atoms with E-state index in [4.69, 9.17) is 58.0 Å². The first kappa shape index (κ1) is 15.0. The van der Waals surface area contributed by atoms with Crippen LogP contribution >= 0.6 is 58.0 Å². The van der Waals surface area contributed by atoms with Crippen molar-refractivity contribution in [3.8, 4) is 11.1 Å². The molecular weight excluding hydrogens is 349 g/mol. The summed E-state index contributed by atoms with van der Waals surface area (Å²) in [5, 5.41) is 0.677. The van der Waals surface area contributed by atoms with Crippen LogP contribution in [0.15, 0.2) is 30.3 Å². The minimum atomic E-state index is -0.639. The molecule has 0 unspecified atom stereocenters. The van der Waals surface area contributed by atoms with E-state index in [0.29, 0.717) is 31.2 Å². The molecule has 0 spiro atoms. The SMILES string of the molecule is O=C(Cl)c1cccc(Cl)c1-c1c(Cl)cc(Cl)cc1Cl. The van der Waals surface area contributed by atoms with Crippen LogP contribution in [0.1, 0.15) is 10.4 Å². The van der Waals surface area contributed by atoms with Crippen molar-refractivity contribution >= 4 is 63.2 Å². The van der Waals surface area contributed by atoms with E-state index < -0.39 is 5.24 Å². The van der Waals surface area contributed by atoms with Crippen LogP contribution in [0, 0.1) is 0 Å². The van der Waals surface area contributed by atoms with E-state index in [1.807, 2.05) is 0 Å². The van der Waals surface area contributed by atoms with Gasteiger partial charge in [0.1, 0.15) is 0 Å². The van der Waals surface area contributed by atoms with Gasteiger partial charge in [0, 0.05) is 26.7 Å². The lowest BCUT2D eigenvalue weighted by atomic mass is 10.00. The van der Waals surface area contributed by atoms with Crippen molar-refractivity contribution in [2.45, 2.75) is 0 Å². The largest absolute Gasteiger partial charge is 0.276 e. The van der Waals surface area contributed by atoms with Crippen molar-refractivity contribution in [3.05, 3.63) is 56.0 Å². The Morgan fingerprint density at radius 2 is 1.42 bits per heavy atom. The van der Waals surface area contributed by atoms with Gasteiger partial charge in [0.05, 0.1) is 10.0 Å². The Labute approximate surface area is 135 Å². The standard InChI is InChI=1S/C13H5Cl5O/c14-6-4-9(16)12(10(17)5-6)11-7(13(18)19)2-1-3-8(11)15/h1-5H. The van der Waals surface area contributed by atoms with Crippen LogP contribution in [0.4, 0.5) is 0 Å². The van der Waals surface area contributed by atoms with Gasteiger partial charge < -0.3 is 0 Å². The van der Waals surface area contributed by atoms with Gasteiger partial charge in [0.15, 0.2) is 0 Å². The zero-order valence-corrected chi connectivity index (χ0v) is 13.0. The van der Waals surface area contributed by atoms with Crippen molar-refractivity contribution < 1.29 is 4.79 Å². The Morgan fingerprint density at radius 3 is 1.95 bits per heavy atom. The number of benzene rings is 2. The summed E-state index contributed by atoms with van der Waals surface area (Å²) in [4.78, 5) is 11.5. The zero-order chi connectivity index (χ0) is 14.2. The number of halogens is 5. The number of rotatable bonds is 2. The average molecular weight is 354 g/mol. The monoisotopic (exact) mass is 352 g/mol. The lowest BCUT2D eigenvalue weighted by Gasteiger charge is -2.12. The van der Waals surface area contributed by atoms with Crippen molar-refractivity contribution in [2.75, 3.05) is 0 Å². The van der Waals surface area contributed by atoms with E-state index >= 15 is 0 Å². The Hall–Kier alpha value is -0.440. The zero-order valence-electron chi connectivity index (χ0n) is 9.18. The molecule has 0 fully saturated rings. The Bertz CT molecular complexity index is 643. The number of hydrogen-bond donors (Lipinski definition) is 0. The third-order valence-electron chi connectivity index (χ3n) is 2.48. The highest BCUT2D eigenvalue weighted by Crippen LogP contribution is 2.42. The lowest BCUT2D eigenvalue weighted by molar-refractivity contribution is 0.108. The summed E-state index contributed by atoms with van der Waals surface area (Å²) < 4.78 is 0. The van der Waals surface area contributed by atoms with Gasteiger partial charge in [-0.15, -0.1) is 0 Å². The van der Waals surface area contributed by atoms with Crippen molar-refractivity contribution in [2.24, 2.45) is 0 Å². The summed E-state index contributed by atoms with van der Waals surface area (Å²) in [7, 11) is 0. The molecule has 0 aliphatic heterocycles. The molecule has 0 amide bonds. The summed E-state index contributed by atoms with van der Waals surface area (Å²) >= 11 is 29.8. The molecule has 0 saturated carbocycles. The molecule has 0 aliphatic carbocycles. The third-order valence-corrected chi connectivity index (χ3v) is 3.82. The van der Waals surface area contributed by atoms with Crippen LogP contribution in [0.5, 0.6) is 0 Å². The summed E-state index contributed by atoms with van der Waals surface area (Å²) in [6.07, 6.45) is 0. The summed E-state index contributed by atoms with van der Waals surface area (Å²) in [5.41, 5.74) is 1.07. The quantitative estimate of drug-likeness (QED) is 0.575. The topological polar surface area (TPSA) is 17.1 Å². The molecule has 0 saturated heterocycles. The maximum absolute atomic E-state index is 11.5. The van der Waals surface area contributed by atoms with Gasteiger partial charge in [-0.05, 0) is 35.9 Å². The minimum Gasteiger partial charge on any atom is -0.276 e. The third kappa shape index (κ3) is 3.01. The molecule has 0 bridgehead atoms.